The summed E-state index contributed by atoms with van der Waals surface area (Å²) in [4.78, 5) is 61.3. The van der Waals surface area contributed by atoms with Gasteiger partial charge in [0, 0.05) is 12.8 Å². The van der Waals surface area contributed by atoms with Crippen molar-refractivity contribution in [2.75, 3.05) is 6.61 Å². The molecule has 4 atom stereocenters. The molecule has 0 aliphatic rings. The van der Waals surface area contributed by atoms with Crippen LogP contribution in [0.25, 0.3) is 0 Å². The second-order valence-corrected chi connectivity index (χ2v) is 8.47. The minimum absolute atomic E-state index is 0.0155. The molecule has 0 bridgehead atoms. The molecule has 0 aliphatic carbocycles. The highest BCUT2D eigenvalue weighted by Gasteiger charge is 2.31. The fourth-order valence-electron chi connectivity index (χ4n) is 3.42. The largest absolute Gasteiger partial charge is 0.508 e. The summed E-state index contributed by atoms with van der Waals surface area (Å²) in [6, 6.07) is 8.44. The van der Waals surface area contributed by atoms with E-state index in [1.54, 1.807) is 30.3 Å². The molecule has 0 fully saturated rings. The number of aliphatic hydroxyl groups is 1. The molecule has 0 saturated heterocycles. The number of aromatic hydroxyl groups is 1. The highest BCUT2D eigenvalue weighted by molar-refractivity contribution is 5.95. The highest BCUT2D eigenvalue weighted by Crippen LogP contribution is 2.12. The molecule has 2 aromatic rings. The Morgan fingerprint density at radius 2 is 1.21 bits per heavy atom. The predicted octanol–water partition coefficient (Wildman–Crippen LogP) is -1.49. The van der Waals surface area contributed by atoms with Crippen molar-refractivity contribution in [3.05, 3.63) is 65.7 Å². The molecule has 204 valence electrons. The smallest absolute Gasteiger partial charge is 0.326 e. The molecule has 0 aliphatic heterocycles. The number of nitrogens with one attached hydrogen (secondary N) is 3. The lowest BCUT2D eigenvalue weighted by Gasteiger charge is -2.24. The standard InChI is InChI=1S/C25H30N4O9/c26-17(13-30)22(34)27-19(12-21(32)33)24(36)28-18(10-14-4-2-1-3-5-14)23(35)29-20(25(37)38)11-15-6-8-16(31)9-7-15/h1-9,17-20,30-31H,10-13,26H2,(H,27,34)(H,28,36)(H,29,35)(H,32,33)(H,37,38). The van der Waals surface area contributed by atoms with Crippen LogP contribution in [0, 0.1) is 0 Å². The lowest BCUT2D eigenvalue weighted by atomic mass is 10.0. The van der Waals surface area contributed by atoms with E-state index in [0.717, 1.165) is 0 Å². The van der Waals surface area contributed by atoms with E-state index in [9.17, 15) is 39.3 Å². The Balaban J connectivity index is 2.25. The van der Waals surface area contributed by atoms with Gasteiger partial charge in [0.1, 0.15) is 29.9 Å². The molecule has 13 nitrogen and oxygen atoms in total. The van der Waals surface area contributed by atoms with Gasteiger partial charge in [0.2, 0.25) is 17.7 Å². The SMILES string of the molecule is NC(CO)C(=O)NC(CC(=O)O)C(=O)NC(Cc1ccccc1)C(=O)NC(Cc1ccc(O)cc1)C(=O)O. The topological polar surface area (TPSA) is 228 Å². The van der Waals surface area contributed by atoms with Gasteiger partial charge in [-0.1, -0.05) is 42.5 Å². The van der Waals surface area contributed by atoms with Crippen LogP contribution in [0.4, 0.5) is 0 Å². The second kappa shape index (κ2) is 14.3. The van der Waals surface area contributed by atoms with E-state index in [2.05, 4.69) is 16.0 Å². The van der Waals surface area contributed by atoms with Crippen LogP contribution in [0.2, 0.25) is 0 Å². The molecule has 0 aromatic heterocycles. The molecule has 2 rings (SSSR count). The molecule has 3 amide bonds. The van der Waals surface area contributed by atoms with Crippen LogP contribution in [0.15, 0.2) is 54.6 Å². The fraction of sp³-hybridized carbons (Fsp3) is 0.320. The number of carboxylic acid groups (broad SMARTS) is 2. The number of hydrogen-bond acceptors (Lipinski definition) is 8. The van der Waals surface area contributed by atoms with Crippen LogP contribution in [-0.2, 0) is 36.8 Å². The Hall–Kier alpha value is -4.49. The third kappa shape index (κ3) is 9.52. The first-order chi connectivity index (χ1) is 18.0. The maximum Gasteiger partial charge on any atom is 0.326 e. The molecule has 0 radical (unpaired) electrons. The monoisotopic (exact) mass is 530 g/mol. The summed E-state index contributed by atoms with van der Waals surface area (Å²) < 4.78 is 0. The normalized spacial score (nSPS) is 13.8. The molecule has 4 unspecified atom stereocenters. The maximum absolute atomic E-state index is 13.2. The summed E-state index contributed by atoms with van der Waals surface area (Å²) in [6.45, 7) is -0.746. The highest BCUT2D eigenvalue weighted by atomic mass is 16.4. The van der Waals surface area contributed by atoms with Crippen molar-refractivity contribution in [3.63, 3.8) is 0 Å². The first-order valence-electron chi connectivity index (χ1n) is 11.5. The summed E-state index contributed by atoms with van der Waals surface area (Å²) in [5.74, 6) is -5.64. The molecular weight excluding hydrogens is 500 g/mol. The predicted molar refractivity (Wildman–Crippen MR) is 133 cm³/mol. The van der Waals surface area contributed by atoms with Crippen LogP contribution < -0.4 is 21.7 Å². The number of benzene rings is 2. The van der Waals surface area contributed by atoms with Gasteiger partial charge in [0.15, 0.2) is 0 Å². The molecule has 13 heteroatoms. The number of aliphatic hydroxyl groups excluding tert-OH is 1. The Bertz CT molecular complexity index is 1130. The number of amides is 3. The van der Waals surface area contributed by atoms with Gasteiger partial charge in [-0.15, -0.1) is 0 Å². The van der Waals surface area contributed by atoms with Gasteiger partial charge in [-0.05, 0) is 23.3 Å². The summed E-state index contributed by atoms with van der Waals surface area (Å²) in [7, 11) is 0. The molecule has 0 spiro atoms. The molecule has 2 aromatic carbocycles. The van der Waals surface area contributed by atoms with Crippen molar-refractivity contribution in [3.8, 4) is 5.75 Å². The Morgan fingerprint density at radius 1 is 0.711 bits per heavy atom. The summed E-state index contributed by atoms with van der Waals surface area (Å²) in [6.07, 6.45) is -1.04. The molecule has 0 saturated carbocycles. The Labute approximate surface area is 217 Å². The number of carboxylic acids is 2. The van der Waals surface area contributed by atoms with Crippen LogP contribution >= 0.6 is 0 Å². The van der Waals surface area contributed by atoms with Crippen molar-refractivity contribution in [1.29, 1.82) is 0 Å². The van der Waals surface area contributed by atoms with Crippen LogP contribution in [0.1, 0.15) is 17.5 Å². The van der Waals surface area contributed by atoms with Crippen LogP contribution in [0.3, 0.4) is 0 Å². The maximum atomic E-state index is 13.2. The summed E-state index contributed by atoms with van der Waals surface area (Å²) in [5.41, 5.74) is 6.56. The average Bonchev–Trinajstić information content (AvgIpc) is 2.88. The quantitative estimate of drug-likeness (QED) is 0.141. The van der Waals surface area contributed by atoms with Gasteiger partial charge in [-0.25, -0.2) is 4.79 Å². The number of hydrogen-bond donors (Lipinski definition) is 8. The molecule has 38 heavy (non-hydrogen) atoms. The zero-order valence-corrected chi connectivity index (χ0v) is 20.2. The van der Waals surface area contributed by atoms with Gasteiger partial charge in [0.05, 0.1) is 13.0 Å². The number of phenols is 1. The van der Waals surface area contributed by atoms with Crippen molar-refractivity contribution in [2.24, 2.45) is 5.73 Å². The van der Waals surface area contributed by atoms with Crippen LogP contribution in [-0.4, -0.2) is 80.9 Å². The summed E-state index contributed by atoms with van der Waals surface area (Å²) >= 11 is 0. The fourth-order valence-corrected chi connectivity index (χ4v) is 3.42. The van der Waals surface area contributed by atoms with E-state index in [1.807, 2.05) is 0 Å². The van der Waals surface area contributed by atoms with E-state index in [-0.39, 0.29) is 18.6 Å². The Morgan fingerprint density at radius 3 is 1.76 bits per heavy atom. The first-order valence-corrected chi connectivity index (χ1v) is 11.5. The zero-order valence-electron chi connectivity index (χ0n) is 20.2. The van der Waals surface area contributed by atoms with Crippen molar-refractivity contribution in [1.82, 2.24) is 16.0 Å². The molecular formula is C25H30N4O9. The van der Waals surface area contributed by atoms with E-state index in [4.69, 9.17) is 10.8 Å². The van der Waals surface area contributed by atoms with Crippen LogP contribution in [0.5, 0.6) is 5.75 Å². The zero-order chi connectivity index (χ0) is 28.2. The van der Waals surface area contributed by atoms with Gasteiger partial charge in [-0.3, -0.25) is 19.2 Å². The minimum atomic E-state index is -1.63. The van der Waals surface area contributed by atoms with Gasteiger partial charge < -0.3 is 42.1 Å². The Kier molecular flexibility index (Phi) is 11.2. The van der Waals surface area contributed by atoms with E-state index >= 15 is 0 Å². The number of nitrogens with two attached hydrogens (primary N) is 1. The first kappa shape index (κ1) is 29.7. The molecule has 0 heterocycles. The number of carbonyl (C=O) groups excluding carboxylic acids is 3. The van der Waals surface area contributed by atoms with E-state index < -0.39 is 66.9 Å². The van der Waals surface area contributed by atoms with Gasteiger partial charge in [0.25, 0.3) is 0 Å². The van der Waals surface area contributed by atoms with Gasteiger partial charge >= 0.3 is 11.9 Å². The van der Waals surface area contributed by atoms with E-state index in [1.165, 1.54) is 24.3 Å². The van der Waals surface area contributed by atoms with Crippen molar-refractivity contribution >= 4 is 29.7 Å². The number of carbonyl (C=O) groups is 5. The van der Waals surface area contributed by atoms with E-state index in [0.29, 0.717) is 11.1 Å². The third-order valence-corrected chi connectivity index (χ3v) is 5.45. The van der Waals surface area contributed by atoms with Gasteiger partial charge in [-0.2, -0.15) is 0 Å². The molecule has 9 N–H and O–H groups in total. The van der Waals surface area contributed by atoms with Crippen molar-refractivity contribution < 1.29 is 44.4 Å². The minimum Gasteiger partial charge on any atom is -0.508 e. The average molecular weight is 531 g/mol. The lowest BCUT2D eigenvalue weighted by Crippen LogP contribution is -2.58. The number of aliphatic carboxylic acids is 2. The number of rotatable bonds is 14. The summed E-state index contributed by atoms with van der Waals surface area (Å²) in [5, 5.41) is 44.2. The number of phenolic OH excluding ortho intramolecular Hbond substituents is 1. The van der Waals surface area contributed by atoms with Crippen molar-refractivity contribution in [2.45, 2.75) is 43.4 Å². The third-order valence-electron chi connectivity index (χ3n) is 5.45. The second-order valence-electron chi connectivity index (χ2n) is 8.47. The lowest BCUT2D eigenvalue weighted by molar-refractivity contribution is -0.143.